The Hall–Kier alpha value is -2.26. The molecular weight excluding hydrogens is 342 g/mol. The summed E-state index contributed by atoms with van der Waals surface area (Å²) in [5.41, 5.74) is 0.203. The molecule has 0 radical (unpaired) electrons. The van der Waals surface area contributed by atoms with E-state index in [0.717, 1.165) is 24.7 Å². The Balaban J connectivity index is 2.49. The summed E-state index contributed by atoms with van der Waals surface area (Å²) in [5.74, 6) is -0.588. The number of hydrogen-bond acceptors (Lipinski definition) is 7. The Bertz CT molecular complexity index is 947. The summed E-state index contributed by atoms with van der Waals surface area (Å²) < 4.78 is 52.6. The van der Waals surface area contributed by atoms with Gasteiger partial charge in [0, 0.05) is 18.6 Å². The van der Waals surface area contributed by atoms with Crippen LogP contribution in [-0.2, 0) is 24.4 Å². The minimum absolute atomic E-state index is 0.0856. The Kier molecular flexibility index (Phi) is 4.53. The molecule has 0 aliphatic carbocycles. The maximum Gasteiger partial charge on any atom is 0.337 e. The van der Waals surface area contributed by atoms with Crippen LogP contribution >= 0.6 is 0 Å². The second-order valence-corrected chi connectivity index (χ2v) is 8.61. The van der Waals surface area contributed by atoms with Crippen LogP contribution < -0.4 is 0 Å². The van der Waals surface area contributed by atoms with Gasteiger partial charge in [0.05, 0.1) is 27.4 Å². The first-order chi connectivity index (χ1) is 10.7. The summed E-state index contributed by atoms with van der Waals surface area (Å²) in [6.07, 6.45) is 3.11. The molecule has 0 saturated heterocycles. The van der Waals surface area contributed by atoms with Gasteiger partial charge in [0.25, 0.3) is 0 Å². The topological polar surface area (TPSA) is 107 Å². The van der Waals surface area contributed by atoms with E-state index < -0.39 is 25.6 Å². The molecule has 122 valence electrons. The zero-order chi connectivity index (χ0) is 17.3. The molecule has 0 aliphatic heterocycles. The minimum Gasteiger partial charge on any atom is -0.465 e. The number of nitrogens with zero attached hydrogens (tertiary/aromatic N) is 1. The highest BCUT2D eigenvalue weighted by Gasteiger charge is 2.21. The summed E-state index contributed by atoms with van der Waals surface area (Å²) in [7, 11) is -6.31. The van der Waals surface area contributed by atoms with Gasteiger partial charge in [-0.1, -0.05) is 0 Å². The smallest absolute Gasteiger partial charge is 0.337 e. The van der Waals surface area contributed by atoms with Gasteiger partial charge >= 0.3 is 5.97 Å². The molecule has 1 aromatic carbocycles. The summed E-state index contributed by atoms with van der Waals surface area (Å²) in [6.45, 7) is 0. The van der Waals surface area contributed by atoms with Crippen LogP contribution in [0.1, 0.15) is 10.4 Å². The number of methoxy groups -OCH3 is 1. The Labute approximate surface area is 133 Å². The van der Waals surface area contributed by atoms with E-state index in [9.17, 15) is 21.6 Å². The maximum atomic E-state index is 12.5. The normalized spacial score (nSPS) is 11.9. The van der Waals surface area contributed by atoms with Crippen molar-refractivity contribution in [2.24, 2.45) is 0 Å². The van der Waals surface area contributed by atoms with Gasteiger partial charge in [0.15, 0.2) is 9.84 Å². The van der Waals surface area contributed by atoms with E-state index in [-0.39, 0.29) is 20.2 Å². The Morgan fingerprint density at radius 1 is 0.957 bits per heavy atom. The molecule has 0 fully saturated rings. The molecule has 9 heteroatoms. The van der Waals surface area contributed by atoms with Gasteiger partial charge in [-0.3, -0.25) is 4.98 Å². The van der Waals surface area contributed by atoms with Gasteiger partial charge < -0.3 is 4.74 Å². The van der Waals surface area contributed by atoms with Crippen molar-refractivity contribution in [3.8, 4) is 0 Å². The number of pyridine rings is 1. The van der Waals surface area contributed by atoms with Crippen molar-refractivity contribution in [1.29, 1.82) is 0 Å². The molecule has 1 heterocycles. The highest BCUT2D eigenvalue weighted by atomic mass is 32.2. The quantitative estimate of drug-likeness (QED) is 0.756. The zero-order valence-electron chi connectivity index (χ0n) is 12.3. The lowest BCUT2D eigenvalue weighted by molar-refractivity contribution is 0.0600. The number of ether oxygens (including phenoxy) is 1. The average Bonchev–Trinajstić information content (AvgIpc) is 2.53. The molecule has 0 N–H and O–H groups in total. The van der Waals surface area contributed by atoms with Crippen LogP contribution in [0.25, 0.3) is 0 Å². The number of benzene rings is 1. The molecule has 23 heavy (non-hydrogen) atoms. The van der Waals surface area contributed by atoms with E-state index in [1.54, 1.807) is 0 Å². The number of aromatic nitrogens is 1. The van der Waals surface area contributed by atoms with E-state index in [1.165, 1.54) is 31.4 Å². The standard InChI is InChI=1S/C14H13NO6S2/c1-21-14(16)10-3-5-11(6-4-10)23(19,20)13-7-12(8-15-9-13)22(2,17)18/h3-9H,1-2H3. The van der Waals surface area contributed by atoms with Gasteiger partial charge in [0.1, 0.15) is 0 Å². The summed E-state index contributed by atoms with van der Waals surface area (Å²) >= 11 is 0. The molecule has 0 bridgehead atoms. The van der Waals surface area contributed by atoms with Crippen LogP contribution in [0, 0.1) is 0 Å². The first kappa shape index (κ1) is 17.1. The average molecular weight is 355 g/mol. The fourth-order valence-electron chi connectivity index (χ4n) is 1.77. The third kappa shape index (κ3) is 3.57. The van der Waals surface area contributed by atoms with Gasteiger partial charge in [-0.15, -0.1) is 0 Å². The predicted octanol–water partition coefficient (Wildman–Crippen LogP) is 1.10. The molecule has 2 aromatic rings. The van der Waals surface area contributed by atoms with Gasteiger partial charge in [0.2, 0.25) is 9.84 Å². The van der Waals surface area contributed by atoms with Crippen molar-refractivity contribution in [2.45, 2.75) is 14.7 Å². The van der Waals surface area contributed by atoms with Crippen LogP contribution in [0.15, 0.2) is 57.4 Å². The van der Waals surface area contributed by atoms with Crippen molar-refractivity contribution in [1.82, 2.24) is 4.98 Å². The molecular formula is C14H13NO6S2. The lowest BCUT2D eigenvalue weighted by Gasteiger charge is -2.06. The molecule has 7 nitrogen and oxygen atoms in total. The van der Waals surface area contributed by atoms with Crippen LogP contribution in [0.2, 0.25) is 0 Å². The third-order valence-corrected chi connectivity index (χ3v) is 5.83. The second kappa shape index (κ2) is 6.09. The monoisotopic (exact) mass is 355 g/mol. The van der Waals surface area contributed by atoms with Crippen molar-refractivity contribution in [3.63, 3.8) is 0 Å². The molecule has 0 aliphatic rings. The lowest BCUT2D eigenvalue weighted by Crippen LogP contribution is -2.07. The van der Waals surface area contributed by atoms with Crippen molar-refractivity contribution in [3.05, 3.63) is 48.3 Å². The van der Waals surface area contributed by atoms with Crippen LogP contribution in [0.3, 0.4) is 0 Å². The van der Waals surface area contributed by atoms with Gasteiger partial charge in [-0.25, -0.2) is 21.6 Å². The van der Waals surface area contributed by atoms with Crippen LogP contribution in [0.5, 0.6) is 0 Å². The molecule has 2 rings (SSSR count). The van der Waals surface area contributed by atoms with E-state index in [4.69, 9.17) is 0 Å². The Morgan fingerprint density at radius 3 is 2.04 bits per heavy atom. The van der Waals surface area contributed by atoms with E-state index in [2.05, 4.69) is 9.72 Å². The highest BCUT2D eigenvalue weighted by molar-refractivity contribution is 7.92. The fraction of sp³-hybridized carbons (Fsp3) is 0.143. The third-order valence-electron chi connectivity index (χ3n) is 3.01. The van der Waals surface area contributed by atoms with Gasteiger partial charge in [-0.05, 0) is 30.3 Å². The minimum atomic E-state index is -3.95. The number of hydrogen-bond donors (Lipinski definition) is 0. The number of esters is 1. The van der Waals surface area contributed by atoms with E-state index in [0.29, 0.717) is 0 Å². The fourth-order valence-corrected chi connectivity index (χ4v) is 3.69. The lowest BCUT2D eigenvalue weighted by atomic mass is 10.2. The van der Waals surface area contributed by atoms with Crippen LogP contribution in [-0.4, -0.2) is 41.2 Å². The maximum absolute atomic E-state index is 12.5. The number of carbonyl (C=O) groups excluding carboxylic acids is 1. The first-order valence-electron chi connectivity index (χ1n) is 6.25. The molecule has 0 atom stereocenters. The summed E-state index contributed by atoms with van der Waals surface area (Å²) in [5, 5.41) is 0. The summed E-state index contributed by atoms with van der Waals surface area (Å²) in [6, 6.07) is 6.16. The predicted molar refractivity (Wildman–Crippen MR) is 80.6 cm³/mol. The second-order valence-electron chi connectivity index (χ2n) is 4.65. The van der Waals surface area contributed by atoms with Crippen molar-refractivity contribution >= 4 is 25.6 Å². The molecule has 0 saturated carbocycles. The number of sulfone groups is 2. The molecule has 0 amide bonds. The van der Waals surface area contributed by atoms with Crippen molar-refractivity contribution < 1.29 is 26.4 Å². The largest absolute Gasteiger partial charge is 0.465 e. The molecule has 1 aromatic heterocycles. The SMILES string of the molecule is COC(=O)c1ccc(S(=O)(=O)c2cncc(S(C)(=O)=O)c2)cc1. The van der Waals surface area contributed by atoms with E-state index in [1.807, 2.05) is 0 Å². The van der Waals surface area contributed by atoms with Crippen LogP contribution in [0.4, 0.5) is 0 Å². The Morgan fingerprint density at radius 2 is 1.52 bits per heavy atom. The number of carbonyl (C=O) groups is 1. The van der Waals surface area contributed by atoms with E-state index >= 15 is 0 Å². The van der Waals surface area contributed by atoms with Crippen molar-refractivity contribution in [2.75, 3.05) is 13.4 Å². The summed E-state index contributed by atoms with van der Waals surface area (Å²) in [4.78, 5) is 14.5. The van der Waals surface area contributed by atoms with Gasteiger partial charge in [-0.2, -0.15) is 0 Å². The molecule has 0 spiro atoms. The highest BCUT2D eigenvalue weighted by Crippen LogP contribution is 2.22. The zero-order valence-corrected chi connectivity index (χ0v) is 13.9. The first-order valence-corrected chi connectivity index (χ1v) is 9.62. The number of rotatable bonds is 4. The molecule has 0 unspecified atom stereocenters.